The van der Waals surface area contributed by atoms with Crippen molar-refractivity contribution < 1.29 is 0 Å². The second kappa shape index (κ2) is 2.26. The molecule has 45 valence electrons. The van der Waals surface area contributed by atoms with Gasteiger partial charge in [0.2, 0.25) is 0 Å². The van der Waals surface area contributed by atoms with Gasteiger partial charge in [-0.2, -0.15) is 0 Å². The van der Waals surface area contributed by atoms with Crippen molar-refractivity contribution in [2.45, 2.75) is 0 Å². The summed E-state index contributed by atoms with van der Waals surface area (Å²) in [4.78, 5) is 0. The highest BCUT2D eigenvalue weighted by molar-refractivity contribution is 5.47. The van der Waals surface area contributed by atoms with Gasteiger partial charge < -0.3 is 5.73 Å². The number of benzene rings is 1. The molecular formula is C6H6N3. The van der Waals surface area contributed by atoms with Gasteiger partial charge in [0.1, 0.15) is 0 Å². The molecule has 0 aliphatic rings. The number of nitrogens with two attached hydrogens (primary N) is 1. The summed E-state index contributed by atoms with van der Waals surface area (Å²) in [7, 11) is 0. The Balaban J connectivity index is 3.01. The largest absolute Gasteiger partial charge is 0.399 e. The summed E-state index contributed by atoms with van der Waals surface area (Å²) in [6.45, 7) is 0. The van der Waals surface area contributed by atoms with Crippen LogP contribution < -0.4 is 11.3 Å². The van der Waals surface area contributed by atoms with E-state index in [2.05, 4.69) is 5.11 Å². The first-order valence-electron chi connectivity index (χ1n) is 2.53. The fraction of sp³-hybridized carbons (Fsp3) is 0. The Morgan fingerprint density at radius 2 is 1.78 bits per heavy atom. The summed E-state index contributed by atoms with van der Waals surface area (Å²) in [5.74, 6) is 0. The Hall–Kier alpha value is -1.38. The van der Waals surface area contributed by atoms with Gasteiger partial charge in [0.15, 0.2) is 0 Å². The zero-order valence-corrected chi connectivity index (χ0v) is 4.78. The van der Waals surface area contributed by atoms with Crippen LogP contribution in [0.15, 0.2) is 29.4 Å². The molecule has 0 spiro atoms. The second-order valence-electron chi connectivity index (χ2n) is 1.69. The van der Waals surface area contributed by atoms with Crippen molar-refractivity contribution in [3.63, 3.8) is 0 Å². The van der Waals surface area contributed by atoms with Crippen LogP contribution in [0.2, 0.25) is 0 Å². The highest BCUT2D eigenvalue weighted by Gasteiger charge is 1.85. The average molecular weight is 120 g/mol. The maximum absolute atomic E-state index is 8.21. The molecule has 3 heteroatoms. The highest BCUT2D eigenvalue weighted by Crippen LogP contribution is 2.11. The third-order valence-electron chi connectivity index (χ3n) is 1.01. The number of nitrogen functional groups attached to an aromatic ring is 1. The SMILES string of the molecule is [N]=Nc1ccc(N)cc1. The lowest BCUT2D eigenvalue weighted by Crippen LogP contribution is -1.80. The molecule has 9 heavy (non-hydrogen) atoms. The normalized spacial score (nSPS) is 8.89. The van der Waals surface area contributed by atoms with Crippen molar-refractivity contribution in [3.8, 4) is 0 Å². The molecule has 0 bridgehead atoms. The third-order valence-corrected chi connectivity index (χ3v) is 1.01. The van der Waals surface area contributed by atoms with Crippen LogP contribution in [0.1, 0.15) is 0 Å². The zero-order chi connectivity index (χ0) is 6.69. The molecule has 1 radical (unpaired) electrons. The molecule has 1 rings (SSSR count). The van der Waals surface area contributed by atoms with E-state index in [-0.39, 0.29) is 0 Å². The Labute approximate surface area is 53.0 Å². The molecule has 1 aromatic rings. The molecule has 0 unspecified atom stereocenters. The van der Waals surface area contributed by atoms with Crippen LogP contribution in [0.3, 0.4) is 0 Å². The lowest BCUT2D eigenvalue weighted by atomic mass is 10.3. The molecule has 3 nitrogen and oxygen atoms in total. The minimum absolute atomic E-state index is 0.518. The van der Waals surface area contributed by atoms with Crippen molar-refractivity contribution in [2.75, 3.05) is 5.73 Å². The van der Waals surface area contributed by atoms with Crippen LogP contribution in [-0.2, 0) is 0 Å². The van der Waals surface area contributed by atoms with E-state index in [0.29, 0.717) is 11.4 Å². The van der Waals surface area contributed by atoms with Crippen LogP contribution in [0, 0.1) is 0 Å². The molecule has 0 saturated heterocycles. The van der Waals surface area contributed by atoms with Gasteiger partial charge in [-0.3, -0.25) is 0 Å². The summed E-state index contributed by atoms with van der Waals surface area (Å²) in [5.41, 5.74) is 14.8. The summed E-state index contributed by atoms with van der Waals surface area (Å²) >= 11 is 0. The van der Waals surface area contributed by atoms with Gasteiger partial charge >= 0.3 is 0 Å². The molecule has 0 amide bonds. The first-order valence-corrected chi connectivity index (χ1v) is 2.53. The van der Waals surface area contributed by atoms with Gasteiger partial charge in [-0.25, -0.2) is 0 Å². The molecule has 2 N–H and O–H groups in total. The minimum Gasteiger partial charge on any atom is -0.399 e. The van der Waals surface area contributed by atoms with Crippen LogP contribution >= 0.6 is 0 Å². The second-order valence-corrected chi connectivity index (χ2v) is 1.69. The fourth-order valence-electron chi connectivity index (χ4n) is 0.541. The zero-order valence-electron chi connectivity index (χ0n) is 4.78. The van der Waals surface area contributed by atoms with Crippen molar-refractivity contribution in [1.82, 2.24) is 5.53 Å². The standard InChI is InChI=1S/C6H6N3/c7-5-1-3-6(9-8)4-2-5/h1-4H,7H2. The minimum atomic E-state index is 0.518. The van der Waals surface area contributed by atoms with E-state index >= 15 is 0 Å². The van der Waals surface area contributed by atoms with Crippen molar-refractivity contribution >= 4 is 11.4 Å². The van der Waals surface area contributed by atoms with Gasteiger partial charge in [0.05, 0.1) is 5.69 Å². The maximum Gasteiger partial charge on any atom is 0.0877 e. The predicted octanol–water partition coefficient (Wildman–Crippen LogP) is 1.15. The number of anilines is 1. The Morgan fingerprint density at radius 3 is 2.22 bits per heavy atom. The maximum atomic E-state index is 8.21. The molecule has 0 atom stereocenters. The lowest BCUT2D eigenvalue weighted by molar-refractivity contribution is 1.30. The molecule has 0 heterocycles. The Bertz CT molecular complexity index is 202. The molecule has 0 aromatic heterocycles. The van der Waals surface area contributed by atoms with Crippen LogP contribution in [0.25, 0.3) is 0 Å². The molecule has 0 fully saturated rings. The highest BCUT2D eigenvalue weighted by atomic mass is 15.0. The smallest absolute Gasteiger partial charge is 0.0877 e. The number of nitrogens with zero attached hydrogens (tertiary/aromatic N) is 2. The van der Waals surface area contributed by atoms with Crippen molar-refractivity contribution in [1.29, 1.82) is 0 Å². The Morgan fingerprint density at radius 1 is 1.22 bits per heavy atom. The van der Waals surface area contributed by atoms with E-state index in [1.165, 1.54) is 0 Å². The fourth-order valence-corrected chi connectivity index (χ4v) is 0.541. The van der Waals surface area contributed by atoms with Gasteiger partial charge in [-0.05, 0) is 29.8 Å². The average Bonchev–Trinajstić information content (AvgIpc) is 1.90. The van der Waals surface area contributed by atoms with E-state index in [1.807, 2.05) is 0 Å². The van der Waals surface area contributed by atoms with Crippen LogP contribution in [-0.4, -0.2) is 0 Å². The quantitative estimate of drug-likeness (QED) is 0.438. The predicted molar refractivity (Wildman–Crippen MR) is 35.1 cm³/mol. The topological polar surface area (TPSA) is 60.7 Å². The van der Waals surface area contributed by atoms with Crippen LogP contribution in [0.5, 0.6) is 0 Å². The summed E-state index contributed by atoms with van der Waals surface area (Å²) < 4.78 is 0. The van der Waals surface area contributed by atoms with E-state index in [9.17, 15) is 0 Å². The van der Waals surface area contributed by atoms with Crippen molar-refractivity contribution in [2.24, 2.45) is 5.11 Å². The third kappa shape index (κ3) is 1.25. The number of rotatable bonds is 1. The lowest BCUT2D eigenvalue weighted by Gasteiger charge is -1.89. The van der Waals surface area contributed by atoms with Crippen LogP contribution in [0.4, 0.5) is 11.4 Å². The van der Waals surface area contributed by atoms with Gasteiger partial charge in [-0.1, -0.05) is 0 Å². The van der Waals surface area contributed by atoms with Gasteiger partial charge in [-0.15, -0.1) is 5.11 Å². The molecule has 0 saturated carbocycles. The van der Waals surface area contributed by atoms with Crippen molar-refractivity contribution in [3.05, 3.63) is 24.3 Å². The number of hydrogen-bond donors (Lipinski definition) is 1. The van der Waals surface area contributed by atoms with E-state index in [4.69, 9.17) is 11.3 Å². The number of hydrogen-bond acceptors (Lipinski definition) is 2. The molecule has 0 aliphatic heterocycles. The van der Waals surface area contributed by atoms with E-state index in [1.54, 1.807) is 24.3 Å². The van der Waals surface area contributed by atoms with E-state index in [0.717, 1.165) is 0 Å². The monoisotopic (exact) mass is 120 g/mol. The van der Waals surface area contributed by atoms with Gasteiger partial charge in [0.25, 0.3) is 0 Å². The summed E-state index contributed by atoms with van der Waals surface area (Å²) in [6.07, 6.45) is 0. The van der Waals surface area contributed by atoms with Gasteiger partial charge in [0, 0.05) is 5.69 Å². The summed E-state index contributed by atoms with van der Waals surface area (Å²) in [5, 5.41) is 2.96. The first-order chi connectivity index (χ1) is 4.33. The first kappa shape index (κ1) is 5.75. The molecular weight excluding hydrogens is 114 g/mol. The summed E-state index contributed by atoms with van der Waals surface area (Å²) in [6, 6.07) is 6.62. The molecule has 1 aromatic carbocycles. The molecule has 0 aliphatic carbocycles. The Kier molecular flexibility index (Phi) is 1.44. The van der Waals surface area contributed by atoms with E-state index < -0.39 is 0 Å².